The van der Waals surface area contributed by atoms with Crippen LogP contribution in [0.2, 0.25) is 0 Å². The molecule has 26 heavy (non-hydrogen) atoms. The molecule has 0 radical (unpaired) electrons. The molecule has 0 atom stereocenters. The summed E-state index contributed by atoms with van der Waals surface area (Å²) in [6, 6.07) is 11.4. The highest BCUT2D eigenvalue weighted by Gasteiger charge is 2.19. The normalized spacial score (nSPS) is 11.5. The number of hydrogen-bond donors (Lipinski definition) is 1. The van der Waals surface area contributed by atoms with Crippen molar-refractivity contribution in [2.75, 3.05) is 18.2 Å². The van der Waals surface area contributed by atoms with E-state index in [4.69, 9.17) is 9.15 Å². The molecule has 3 rings (SSSR count). The van der Waals surface area contributed by atoms with E-state index in [0.717, 1.165) is 5.39 Å². The van der Waals surface area contributed by atoms with Crippen molar-refractivity contribution < 1.29 is 22.4 Å². The molecule has 0 aliphatic heterocycles. The number of rotatable bonds is 5. The number of ether oxygens (including phenoxy) is 1. The molecule has 6 nitrogen and oxygen atoms in total. The van der Waals surface area contributed by atoms with Crippen LogP contribution in [-0.4, -0.2) is 27.2 Å². The number of anilines is 1. The third-order valence-corrected chi connectivity index (χ3v) is 5.95. The molecular weight excluding hydrogens is 354 g/mol. The van der Waals surface area contributed by atoms with Gasteiger partial charge in [-0.25, -0.2) is 8.42 Å². The van der Waals surface area contributed by atoms with Gasteiger partial charge in [-0.15, -0.1) is 0 Å². The summed E-state index contributed by atoms with van der Waals surface area (Å²) >= 11 is 0. The van der Waals surface area contributed by atoms with E-state index in [0.29, 0.717) is 22.6 Å². The monoisotopic (exact) mass is 373 g/mol. The number of sulfone groups is 1. The quantitative estimate of drug-likeness (QED) is 0.735. The fourth-order valence-electron chi connectivity index (χ4n) is 2.64. The molecule has 0 bridgehead atoms. The molecule has 136 valence electrons. The Morgan fingerprint density at radius 3 is 2.46 bits per heavy atom. The zero-order valence-electron chi connectivity index (χ0n) is 14.7. The Hall–Kier alpha value is -2.80. The number of aryl methyl sites for hydroxylation is 1. The van der Waals surface area contributed by atoms with Gasteiger partial charge in [-0.3, -0.25) is 4.79 Å². The second-order valence-electron chi connectivity index (χ2n) is 5.80. The largest absolute Gasteiger partial charge is 0.497 e. The summed E-state index contributed by atoms with van der Waals surface area (Å²) in [7, 11) is -1.69. The van der Waals surface area contributed by atoms with E-state index in [1.165, 1.54) is 12.1 Å². The zero-order valence-corrected chi connectivity index (χ0v) is 15.5. The molecule has 0 aliphatic rings. The maximum absolute atomic E-state index is 12.5. The zero-order chi connectivity index (χ0) is 18.9. The van der Waals surface area contributed by atoms with Gasteiger partial charge in [0.25, 0.3) is 5.91 Å². The maximum atomic E-state index is 12.5. The molecule has 0 saturated heterocycles. The van der Waals surface area contributed by atoms with Gasteiger partial charge in [-0.1, -0.05) is 6.92 Å². The van der Waals surface area contributed by atoms with Crippen LogP contribution >= 0.6 is 0 Å². The Labute approximate surface area is 151 Å². The number of benzene rings is 2. The fourth-order valence-corrected chi connectivity index (χ4v) is 3.53. The second kappa shape index (κ2) is 6.84. The Kier molecular flexibility index (Phi) is 4.73. The van der Waals surface area contributed by atoms with Crippen molar-refractivity contribution in [2.45, 2.75) is 18.7 Å². The van der Waals surface area contributed by atoms with Crippen molar-refractivity contribution in [1.29, 1.82) is 0 Å². The fraction of sp³-hybridized carbons (Fsp3) is 0.211. The lowest BCUT2D eigenvalue weighted by Gasteiger charge is -2.06. The summed E-state index contributed by atoms with van der Waals surface area (Å²) < 4.78 is 34.5. The van der Waals surface area contributed by atoms with Gasteiger partial charge in [0.05, 0.1) is 17.8 Å². The lowest BCUT2D eigenvalue weighted by Crippen LogP contribution is -2.12. The number of carbonyl (C=O) groups excluding carboxylic acids is 1. The van der Waals surface area contributed by atoms with Crippen molar-refractivity contribution >= 4 is 32.4 Å². The highest BCUT2D eigenvalue weighted by atomic mass is 32.2. The van der Waals surface area contributed by atoms with Gasteiger partial charge in [-0.2, -0.15) is 0 Å². The summed E-state index contributed by atoms with van der Waals surface area (Å²) in [5.41, 5.74) is 1.79. The molecule has 2 aromatic carbocycles. The number of nitrogens with one attached hydrogen (secondary N) is 1. The summed E-state index contributed by atoms with van der Waals surface area (Å²) in [5.74, 6) is 0.517. The third-order valence-electron chi connectivity index (χ3n) is 4.20. The van der Waals surface area contributed by atoms with Crippen LogP contribution in [0.1, 0.15) is 23.0 Å². The summed E-state index contributed by atoms with van der Waals surface area (Å²) in [5, 5.41) is 3.53. The first kappa shape index (κ1) is 18.0. The van der Waals surface area contributed by atoms with Crippen LogP contribution in [0.25, 0.3) is 11.0 Å². The minimum Gasteiger partial charge on any atom is -0.497 e. The number of fused-ring (bicyclic) bond motifs is 1. The van der Waals surface area contributed by atoms with Crippen molar-refractivity contribution in [3.8, 4) is 5.75 Å². The van der Waals surface area contributed by atoms with Crippen molar-refractivity contribution in [3.63, 3.8) is 0 Å². The predicted octanol–water partition coefficient (Wildman–Crippen LogP) is 3.80. The second-order valence-corrected chi connectivity index (χ2v) is 8.08. The molecule has 1 amide bonds. The van der Waals surface area contributed by atoms with Gasteiger partial charge >= 0.3 is 0 Å². The molecule has 0 aliphatic carbocycles. The van der Waals surface area contributed by atoms with E-state index in [2.05, 4.69) is 5.32 Å². The van der Waals surface area contributed by atoms with E-state index in [1.54, 1.807) is 45.2 Å². The average Bonchev–Trinajstić information content (AvgIpc) is 2.98. The van der Waals surface area contributed by atoms with Crippen LogP contribution in [0.4, 0.5) is 5.69 Å². The van der Waals surface area contributed by atoms with Crippen molar-refractivity contribution in [3.05, 3.63) is 53.8 Å². The van der Waals surface area contributed by atoms with Crippen LogP contribution in [0.15, 0.2) is 51.8 Å². The van der Waals surface area contributed by atoms with Crippen LogP contribution in [0, 0.1) is 6.92 Å². The van der Waals surface area contributed by atoms with E-state index in [9.17, 15) is 13.2 Å². The van der Waals surface area contributed by atoms with Crippen molar-refractivity contribution in [2.24, 2.45) is 0 Å². The summed E-state index contributed by atoms with van der Waals surface area (Å²) in [4.78, 5) is 12.8. The Bertz CT molecular complexity index is 1070. The SMILES string of the molecule is CCS(=O)(=O)c1ccc(NC(=O)c2oc3ccc(OC)cc3c2C)cc1. The molecular formula is C19H19NO5S. The number of methoxy groups -OCH3 is 1. The highest BCUT2D eigenvalue weighted by molar-refractivity contribution is 7.91. The topological polar surface area (TPSA) is 85.6 Å². The number of carbonyl (C=O) groups is 1. The first-order valence-electron chi connectivity index (χ1n) is 8.07. The first-order valence-corrected chi connectivity index (χ1v) is 9.72. The van der Waals surface area contributed by atoms with E-state index < -0.39 is 15.7 Å². The molecule has 0 saturated carbocycles. The standard InChI is InChI=1S/C19H19NO5S/c1-4-26(22,23)15-8-5-13(6-9-15)20-19(21)18-12(2)16-11-14(24-3)7-10-17(16)25-18/h5-11H,4H2,1-3H3,(H,20,21). The van der Waals surface area contributed by atoms with Crippen LogP contribution in [0.5, 0.6) is 5.75 Å². The maximum Gasteiger partial charge on any atom is 0.291 e. The highest BCUT2D eigenvalue weighted by Crippen LogP contribution is 2.29. The lowest BCUT2D eigenvalue weighted by molar-refractivity contribution is 0.0998. The van der Waals surface area contributed by atoms with E-state index >= 15 is 0 Å². The van der Waals surface area contributed by atoms with Gasteiger partial charge in [0, 0.05) is 16.6 Å². The Morgan fingerprint density at radius 2 is 1.85 bits per heavy atom. The molecule has 7 heteroatoms. The lowest BCUT2D eigenvalue weighted by atomic mass is 10.1. The number of furan rings is 1. The predicted molar refractivity (Wildman–Crippen MR) is 99.6 cm³/mol. The molecule has 0 fully saturated rings. The minimum atomic E-state index is -3.27. The Morgan fingerprint density at radius 1 is 1.15 bits per heavy atom. The number of amides is 1. The first-order chi connectivity index (χ1) is 12.4. The van der Waals surface area contributed by atoms with Gasteiger partial charge in [-0.05, 0) is 49.4 Å². The van der Waals surface area contributed by atoms with Crippen LogP contribution in [0.3, 0.4) is 0 Å². The summed E-state index contributed by atoms with van der Waals surface area (Å²) in [6.07, 6.45) is 0. The van der Waals surface area contributed by atoms with Crippen molar-refractivity contribution in [1.82, 2.24) is 0 Å². The van der Waals surface area contributed by atoms with Gasteiger partial charge in [0.1, 0.15) is 11.3 Å². The van der Waals surface area contributed by atoms with Crippen LogP contribution < -0.4 is 10.1 Å². The van der Waals surface area contributed by atoms with Gasteiger partial charge in [0.15, 0.2) is 15.6 Å². The molecule has 1 heterocycles. The Balaban J connectivity index is 1.86. The summed E-state index contributed by atoms with van der Waals surface area (Å²) in [6.45, 7) is 3.39. The van der Waals surface area contributed by atoms with Gasteiger partial charge < -0.3 is 14.5 Å². The third kappa shape index (κ3) is 3.30. The van der Waals surface area contributed by atoms with Gasteiger partial charge in [0.2, 0.25) is 0 Å². The molecule has 0 spiro atoms. The number of hydrogen-bond acceptors (Lipinski definition) is 5. The molecule has 3 aromatic rings. The molecule has 1 aromatic heterocycles. The van der Waals surface area contributed by atoms with Crippen LogP contribution in [-0.2, 0) is 9.84 Å². The van der Waals surface area contributed by atoms with E-state index in [1.807, 2.05) is 6.07 Å². The van der Waals surface area contributed by atoms with E-state index in [-0.39, 0.29) is 16.4 Å². The molecule has 1 N–H and O–H groups in total. The molecule has 0 unspecified atom stereocenters. The smallest absolute Gasteiger partial charge is 0.291 e. The minimum absolute atomic E-state index is 0.0281. The average molecular weight is 373 g/mol.